The van der Waals surface area contributed by atoms with E-state index < -0.39 is 0 Å². The predicted octanol–water partition coefficient (Wildman–Crippen LogP) is 1.51. The van der Waals surface area contributed by atoms with Crippen molar-refractivity contribution >= 4 is 17.4 Å². The van der Waals surface area contributed by atoms with E-state index in [4.69, 9.17) is 17.3 Å². The number of nitrogens with zero attached hydrogens (tertiary/aromatic N) is 4. The minimum absolute atomic E-state index is 0.375. The van der Waals surface area contributed by atoms with E-state index in [0.29, 0.717) is 16.6 Å². The van der Waals surface area contributed by atoms with E-state index in [-0.39, 0.29) is 5.54 Å². The average Bonchev–Trinajstić information content (AvgIpc) is 2.84. The van der Waals surface area contributed by atoms with Gasteiger partial charge in [-0.05, 0) is 12.8 Å². The Morgan fingerprint density at radius 1 is 1.38 bits per heavy atom. The minimum atomic E-state index is -0.375. The first-order chi connectivity index (χ1) is 7.67. The van der Waals surface area contributed by atoms with Gasteiger partial charge in [0.2, 0.25) is 0 Å². The van der Waals surface area contributed by atoms with E-state index in [1.807, 2.05) is 0 Å². The largest absolute Gasteiger partial charge is 0.319 e. The van der Waals surface area contributed by atoms with Crippen LogP contribution >= 0.6 is 11.6 Å². The van der Waals surface area contributed by atoms with Crippen molar-refractivity contribution in [2.24, 2.45) is 5.73 Å². The summed E-state index contributed by atoms with van der Waals surface area (Å²) in [5, 5.41) is 4.90. The summed E-state index contributed by atoms with van der Waals surface area (Å²) in [6, 6.07) is 0. The van der Waals surface area contributed by atoms with Crippen LogP contribution in [-0.2, 0) is 5.54 Å². The molecule has 0 amide bonds. The van der Waals surface area contributed by atoms with E-state index in [0.717, 1.165) is 25.7 Å². The van der Waals surface area contributed by atoms with Crippen LogP contribution in [0.2, 0.25) is 5.02 Å². The number of rotatable bonds is 1. The fourth-order valence-electron chi connectivity index (χ4n) is 2.20. The standard InChI is InChI=1S/C10H12ClN5/c11-7-5-13-9-14-8(15-16(9)6-7)10(12)3-1-2-4-10/h5-6H,1-4,12H2. The zero-order valence-electron chi connectivity index (χ0n) is 8.73. The lowest BCUT2D eigenvalue weighted by atomic mass is 9.99. The van der Waals surface area contributed by atoms with Gasteiger partial charge < -0.3 is 5.73 Å². The van der Waals surface area contributed by atoms with E-state index in [1.165, 1.54) is 0 Å². The van der Waals surface area contributed by atoms with Crippen molar-refractivity contribution in [3.63, 3.8) is 0 Å². The molecule has 16 heavy (non-hydrogen) atoms. The van der Waals surface area contributed by atoms with Crippen LogP contribution in [0.25, 0.3) is 5.78 Å². The number of hydrogen-bond acceptors (Lipinski definition) is 4. The van der Waals surface area contributed by atoms with Gasteiger partial charge in [0.1, 0.15) is 0 Å². The van der Waals surface area contributed by atoms with Crippen molar-refractivity contribution in [1.29, 1.82) is 0 Å². The molecule has 2 N–H and O–H groups in total. The highest BCUT2D eigenvalue weighted by molar-refractivity contribution is 6.30. The summed E-state index contributed by atoms with van der Waals surface area (Å²) in [5.41, 5.74) is 5.91. The van der Waals surface area contributed by atoms with Crippen LogP contribution in [0.1, 0.15) is 31.5 Å². The summed E-state index contributed by atoms with van der Waals surface area (Å²) in [6.07, 6.45) is 7.42. The summed E-state index contributed by atoms with van der Waals surface area (Å²) in [5.74, 6) is 1.23. The van der Waals surface area contributed by atoms with Crippen molar-refractivity contribution in [2.45, 2.75) is 31.2 Å². The Kier molecular flexibility index (Phi) is 2.12. The minimum Gasteiger partial charge on any atom is -0.319 e. The average molecular weight is 238 g/mol. The Hall–Kier alpha value is -1.20. The predicted molar refractivity (Wildman–Crippen MR) is 60.1 cm³/mol. The molecule has 0 bridgehead atoms. The smallest absolute Gasteiger partial charge is 0.252 e. The first kappa shape index (κ1) is 9.99. The van der Waals surface area contributed by atoms with Gasteiger partial charge in [0.15, 0.2) is 5.82 Å². The molecule has 84 valence electrons. The molecule has 0 radical (unpaired) electrons. The van der Waals surface area contributed by atoms with Gasteiger partial charge in [-0.2, -0.15) is 4.98 Å². The van der Waals surface area contributed by atoms with Crippen molar-refractivity contribution in [3.8, 4) is 0 Å². The van der Waals surface area contributed by atoms with E-state index in [1.54, 1.807) is 16.9 Å². The number of hydrogen-bond donors (Lipinski definition) is 1. The molecule has 2 aromatic heterocycles. The zero-order valence-corrected chi connectivity index (χ0v) is 9.48. The van der Waals surface area contributed by atoms with E-state index in [2.05, 4.69) is 15.1 Å². The summed E-state index contributed by atoms with van der Waals surface area (Å²) in [7, 11) is 0. The second kappa shape index (κ2) is 3.40. The van der Waals surface area contributed by atoms with Crippen molar-refractivity contribution in [1.82, 2.24) is 19.6 Å². The number of nitrogens with two attached hydrogens (primary N) is 1. The van der Waals surface area contributed by atoms with Crippen LogP contribution in [-0.4, -0.2) is 19.6 Å². The summed E-state index contributed by atoms with van der Waals surface area (Å²) in [6.45, 7) is 0. The molecule has 0 saturated heterocycles. The monoisotopic (exact) mass is 237 g/mol. The third-order valence-corrected chi connectivity index (χ3v) is 3.30. The van der Waals surface area contributed by atoms with E-state index >= 15 is 0 Å². The van der Waals surface area contributed by atoms with Crippen LogP contribution in [0.5, 0.6) is 0 Å². The molecular formula is C10H12ClN5. The maximum Gasteiger partial charge on any atom is 0.252 e. The fourth-order valence-corrected chi connectivity index (χ4v) is 2.34. The molecule has 1 aliphatic carbocycles. The molecular weight excluding hydrogens is 226 g/mol. The molecule has 0 unspecified atom stereocenters. The van der Waals surface area contributed by atoms with Crippen LogP contribution in [0.3, 0.4) is 0 Å². The Morgan fingerprint density at radius 3 is 2.88 bits per heavy atom. The maximum atomic E-state index is 6.28. The van der Waals surface area contributed by atoms with E-state index in [9.17, 15) is 0 Å². The van der Waals surface area contributed by atoms with Gasteiger partial charge in [-0.3, -0.25) is 0 Å². The Balaban J connectivity index is 2.11. The van der Waals surface area contributed by atoms with Gasteiger partial charge in [-0.25, -0.2) is 9.50 Å². The first-order valence-electron chi connectivity index (χ1n) is 5.35. The normalized spacial score (nSPS) is 19.4. The van der Waals surface area contributed by atoms with Crippen molar-refractivity contribution in [3.05, 3.63) is 23.2 Å². The Bertz CT molecular complexity index is 529. The van der Waals surface area contributed by atoms with Crippen molar-refractivity contribution in [2.75, 3.05) is 0 Å². The highest BCUT2D eigenvalue weighted by Crippen LogP contribution is 2.34. The topological polar surface area (TPSA) is 69.1 Å². The first-order valence-corrected chi connectivity index (χ1v) is 5.72. The SMILES string of the molecule is NC1(c2nc3ncc(Cl)cn3n2)CCCC1. The molecule has 0 aliphatic heterocycles. The third-order valence-electron chi connectivity index (χ3n) is 3.10. The van der Waals surface area contributed by atoms with Gasteiger partial charge in [0, 0.05) is 0 Å². The molecule has 0 aromatic carbocycles. The quantitative estimate of drug-likeness (QED) is 0.816. The zero-order chi connectivity index (χ0) is 11.2. The van der Waals surface area contributed by atoms with Gasteiger partial charge in [0.25, 0.3) is 5.78 Å². The van der Waals surface area contributed by atoms with Crippen LogP contribution < -0.4 is 5.73 Å². The van der Waals surface area contributed by atoms with Crippen molar-refractivity contribution < 1.29 is 0 Å². The lowest BCUT2D eigenvalue weighted by molar-refractivity contribution is 0.432. The highest BCUT2D eigenvalue weighted by atomic mass is 35.5. The van der Waals surface area contributed by atoms with Crippen LogP contribution in [0.4, 0.5) is 0 Å². The molecule has 1 saturated carbocycles. The molecule has 0 spiro atoms. The molecule has 0 atom stereocenters. The van der Waals surface area contributed by atoms with Gasteiger partial charge in [-0.15, -0.1) is 5.10 Å². The lowest BCUT2D eigenvalue weighted by Gasteiger charge is -2.18. The summed E-state index contributed by atoms with van der Waals surface area (Å²) in [4.78, 5) is 8.47. The Morgan fingerprint density at radius 2 is 2.12 bits per heavy atom. The van der Waals surface area contributed by atoms with Gasteiger partial charge >= 0.3 is 0 Å². The molecule has 6 heteroatoms. The number of aromatic nitrogens is 4. The molecule has 3 rings (SSSR count). The third kappa shape index (κ3) is 1.47. The number of halogens is 1. The fraction of sp³-hybridized carbons (Fsp3) is 0.500. The molecule has 2 heterocycles. The lowest BCUT2D eigenvalue weighted by Crippen LogP contribution is -2.34. The second-order valence-corrected chi connectivity index (χ2v) is 4.75. The Labute approximate surface area is 97.6 Å². The molecule has 2 aromatic rings. The molecule has 1 aliphatic rings. The summed E-state index contributed by atoms with van der Waals surface area (Å²) >= 11 is 5.84. The summed E-state index contributed by atoms with van der Waals surface area (Å²) < 4.78 is 1.59. The number of fused-ring (bicyclic) bond motifs is 1. The van der Waals surface area contributed by atoms with Gasteiger partial charge in [-0.1, -0.05) is 24.4 Å². The van der Waals surface area contributed by atoms with Gasteiger partial charge in [0.05, 0.1) is 23.0 Å². The second-order valence-electron chi connectivity index (χ2n) is 4.32. The highest BCUT2D eigenvalue weighted by Gasteiger charge is 2.35. The maximum absolute atomic E-state index is 6.28. The van der Waals surface area contributed by atoms with Crippen LogP contribution in [0.15, 0.2) is 12.4 Å². The van der Waals surface area contributed by atoms with Crippen LogP contribution in [0, 0.1) is 0 Å². The molecule has 5 nitrogen and oxygen atoms in total. The molecule has 1 fully saturated rings.